The van der Waals surface area contributed by atoms with E-state index >= 15 is 0 Å². The average molecular weight is 336 g/mol. The summed E-state index contributed by atoms with van der Waals surface area (Å²) >= 11 is 0. The van der Waals surface area contributed by atoms with Crippen molar-refractivity contribution in [3.8, 4) is 0 Å². The van der Waals surface area contributed by atoms with Crippen molar-refractivity contribution < 1.29 is 22.4 Å². The summed E-state index contributed by atoms with van der Waals surface area (Å²) < 4.78 is 41.4. The van der Waals surface area contributed by atoms with E-state index in [2.05, 4.69) is 6.92 Å². The average Bonchev–Trinajstić information content (AvgIpc) is 2.46. The Bertz CT molecular complexity index is 361. The van der Waals surface area contributed by atoms with E-state index in [1.54, 1.807) is 0 Å². The highest BCUT2D eigenvalue weighted by Gasteiger charge is 2.25. The van der Waals surface area contributed by atoms with E-state index in [0.29, 0.717) is 13.2 Å². The Kier molecular flexibility index (Phi) is 10.3. The van der Waals surface area contributed by atoms with Crippen molar-refractivity contribution in [2.24, 2.45) is 5.92 Å². The molecular formula is C16H32O5S. The largest absolute Gasteiger partial charge is 0.352 e. The molecular weight excluding hydrogens is 304 g/mol. The predicted octanol–water partition coefficient (Wildman–Crippen LogP) is 3.78. The van der Waals surface area contributed by atoms with Gasteiger partial charge in [-0.1, -0.05) is 58.3 Å². The molecule has 0 amide bonds. The van der Waals surface area contributed by atoms with Crippen LogP contribution in [0.4, 0.5) is 0 Å². The van der Waals surface area contributed by atoms with Crippen LogP contribution >= 0.6 is 0 Å². The van der Waals surface area contributed by atoms with E-state index in [0.717, 1.165) is 12.8 Å². The lowest BCUT2D eigenvalue weighted by Crippen LogP contribution is -2.35. The van der Waals surface area contributed by atoms with Crippen molar-refractivity contribution in [1.82, 2.24) is 0 Å². The summed E-state index contributed by atoms with van der Waals surface area (Å²) in [5.41, 5.74) is 0. The van der Waals surface area contributed by atoms with Crippen molar-refractivity contribution in [3.63, 3.8) is 0 Å². The van der Waals surface area contributed by atoms with Gasteiger partial charge < -0.3 is 9.47 Å². The molecule has 0 aromatic heterocycles. The Balaban J connectivity index is 1.93. The van der Waals surface area contributed by atoms with Crippen molar-refractivity contribution >= 4 is 10.1 Å². The number of unbranched alkanes of at least 4 members (excludes halogenated alkanes) is 8. The normalized spacial score (nSPS) is 22.8. The molecule has 1 rings (SSSR count). The molecule has 6 heteroatoms. The zero-order chi connectivity index (χ0) is 16.3. The molecule has 22 heavy (non-hydrogen) atoms. The zero-order valence-electron chi connectivity index (χ0n) is 13.8. The van der Waals surface area contributed by atoms with E-state index < -0.39 is 10.1 Å². The molecule has 0 aliphatic carbocycles. The Labute approximate surface area is 135 Å². The molecule has 1 aliphatic heterocycles. The summed E-state index contributed by atoms with van der Waals surface area (Å²) in [4.78, 5) is 0. The zero-order valence-corrected chi connectivity index (χ0v) is 14.7. The standard InChI is InChI=1S/C16H32O5S/c1-2-3-4-5-6-7-8-9-10-11-16-20-12-15(13-21-16)14-22(17,18)19/h15-16H,2-14H2,1H3,(H,17,18,19). The second-order valence-corrected chi connectivity index (χ2v) is 7.83. The Morgan fingerprint density at radius 2 is 1.41 bits per heavy atom. The maximum absolute atomic E-state index is 10.8. The lowest BCUT2D eigenvalue weighted by molar-refractivity contribution is -0.200. The van der Waals surface area contributed by atoms with Gasteiger partial charge in [-0.2, -0.15) is 8.42 Å². The van der Waals surface area contributed by atoms with Gasteiger partial charge in [0.05, 0.1) is 19.0 Å². The van der Waals surface area contributed by atoms with Crippen molar-refractivity contribution in [3.05, 3.63) is 0 Å². The van der Waals surface area contributed by atoms with Gasteiger partial charge in [0.1, 0.15) is 0 Å². The molecule has 1 aliphatic rings. The van der Waals surface area contributed by atoms with Crippen LogP contribution in [0.15, 0.2) is 0 Å². The van der Waals surface area contributed by atoms with Crippen LogP contribution in [0.25, 0.3) is 0 Å². The lowest BCUT2D eigenvalue weighted by atomic mass is 10.1. The van der Waals surface area contributed by atoms with Crippen LogP contribution in [0.5, 0.6) is 0 Å². The smallest absolute Gasteiger partial charge is 0.265 e. The summed E-state index contributed by atoms with van der Waals surface area (Å²) in [5, 5.41) is 0. The first-order chi connectivity index (χ1) is 10.5. The van der Waals surface area contributed by atoms with Crippen LogP contribution in [-0.4, -0.2) is 38.2 Å². The maximum atomic E-state index is 10.8. The number of ether oxygens (including phenoxy) is 2. The molecule has 132 valence electrons. The second kappa shape index (κ2) is 11.4. The second-order valence-electron chi connectivity index (χ2n) is 6.33. The van der Waals surface area contributed by atoms with Crippen LogP contribution in [0, 0.1) is 5.92 Å². The number of hydrogen-bond acceptors (Lipinski definition) is 4. The SMILES string of the molecule is CCCCCCCCCCCC1OCC(CS(=O)(=O)O)CO1. The fourth-order valence-corrected chi connectivity index (χ4v) is 3.55. The highest BCUT2D eigenvalue weighted by molar-refractivity contribution is 7.85. The van der Waals surface area contributed by atoms with Gasteiger partial charge in [0.25, 0.3) is 10.1 Å². The van der Waals surface area contributed by atoms with E-state index in [1.165, 1.54) is 51.4 Å². The molecule has 0 saturated carbocycles. The lowest BCUT2D eigenvalue weighted by Gasteiger charge is -2.28. The molecule has 0 bridgehead atoms. The summed E-state index contributed by atoms with van der Waals surface area (Å²) in [7, 11) is -3.94. The summed E-state index contributed by atoms with van der Waals surface area (Å²) in [6.45, 7) is 2.93. The van der Waals surface area contributed by atoms with Gasteiger partial charge in [0, 0.05) is 5.92 Å². The van der Waals surface area contributed by atoms with E-state index in [-0.39, 0.29) is 18.0 Å². The van der Waals surface area contributed by atoms with Crippen LogP contribution in [0.2, 0.25) is 0 Å². The Morgan fingerprint density at radius 1 is 0.909 bits per heavy atom. The van der Waals surface area contributed by atoms with Crippen molar-refractivity contribution in [2.75, 3.05) is 19.0 Å². The third kappa shape index (κ3) is 10.5. The highest BCUT2D eigenvalue weighted by Crippen LogP contribution is 2.18. The maximum Gasteiger partial charge on any atom is 0.265 e. The predicted molar refractivity (Wildman–Crippen MR) is 87.4 cm³/mol. The van der Waals surface area contributed by atoms with Gasteiger partial charge in [-0.3, -0.25) is 4.55 Å². The molecule has 0 atom stereocenters. The van der Waals surface area contributed by atoms with Crippen LogP contribution in [-0.2, 0) is 19.6 Å². The highest BCUT2D eigenvalue weighted by atomic mass is 32.2. The van der Waals surface area contributed by atoms with E-state index in [4.69, 9.17) is 14.0 Å². The van der Waals surface area contributed by atoms with Gasteiger partial charge in [-0.25, -0.2) is 0 Å². The Morgan fingerprint density at radius 3 is 1.91 bits per heavy atom. The van der Waals surface area contributed by atoms with Gasteiger partial charge >= 0.3 is 0 Å². The number of rotatable bonds is 12. The minimum absolute atomic E-state index is 0.206. The Hall–Kier alpha value is -0.170. The summed E-state index contributed by atoms with van der Waals surface area (Å²) in [6.07, 6.45) is 12.2. The van der Waals surface area contributed by atoms with Gasteiger partial charge in [0.2, 0.25) is 0 Å². The van der Waals surface area contributed by atoms with Crippen molar-refractivity contribution in [1.29, 1.82) is 0 Å². The third-order valence-electron chi connectivity index (χ3n) is 4.03. The van der Waals surface area contributed by atoms with Crippen molar-refractivity contribution in [2.45, 2.75) is 77.4 Å². The molecule has 1 N–H and O–H groups in total. The number of hydrogen-bond donors (Lipinski definition) is 1. The molecule has 0 unspecified atom stereocenters. The quantitative estimate of drug-likeness (QED) is 0.434. The van der Waals surface area contributed by atoms with Crippen LogP contribution in [0.1, 0.15) is 71.1 Å². The molecule has 0 radical (unpaired) electrons. The van der Waals surface area contributed by atoms with E-state index in [9.17, 15) is 8.42 Å². The first-order valence-electron chi connectivity index (χ1n) is 8.69. The summed E-state index contributed by atoms with van der Waals surface area (Å²) in [6, 6.07) is 0. The monoisotopic (exact) mass is 336 g/mol. The first-order valence-corrected chi connectivity index (χ1v) is 10.3. The molecule has 1 saturated heterocycles. The molecule has 5 nitrogen and oxygen atoms in total. The van der Waals surface area contributed by atoms with Gasteiger partial charge in [-0.15, -0.1) is 0 Å². The topological polar surface area (TPSA) is 72.8 Å². The summed E-state index contributed by atoms with van der Waals surface area (Å²) in [5.74, 6) is -0.535. The molecule has 1 fully saturated rings. The third-order valence-corrected chi connectivity index (χ3v) is 4.92. The van der Waals surface area contributed by atoms with Crippen LogP contribution in [0.3, 0.4) is 0 Å². The molecule has 0 aromatic carbocycles. The van der Waals surface area contributed by atoms with E-state index in [1.807, 2.05) is 0 Å². The molecule has 0 spiro atoms. The fourth-order valence-electron chi connectivity index (χ4n) is 2.77. The van der Waals surface area contributed by atoms with Crippen LogP contribution < -0.4 is 0 Å². The minimum Gasteiger partial charge on any atom is -0.352 e. The van der Waals surface area contributed by atoms with Gasteiger partial charge in [0.15, 0.2) is 6.29 Å². The molecule has 0 aromatic rings. The molecule has 1 heterocycles. The van der Waals surface area contributed by atoms with Gasteiger partial charge in [-0.05, 0) is 12.8 Å². The minimum atomic E-state index is -3.94. The first kappa shape index (κ1) is 19.9. The fraction of sp³-hybridized carbons (Fsp3) is 1.00.